The zero-order valence-electron chi connectivity index (χ0n) is 10.0. The van der Waals surface area contributed by atoms with Crippen molar-refractivity contribution in [3.63, 3.8) is 0 Å². The summed E-state index contributed by atoms with van der Waals surface area (Å²) in [5.41, 5.74) is 0.579. The first kappa shape index (κ1) is 9.86. The molecular weight excluding hydrogens is 184 g/mol. The summed E-state index contributed by atoms with van der Waals surface area (Å²) in [6.07, 6.45) is 8.71. The van der Waals surface area contributed by atoms with Gasteiger partial charge in [-0.05, 0) is 49.9 Å². The molecule has 0 heterocycles. The second-order valence-corrected chi connectivity index (χ2v) is 6.92. The second-order valence-electron chi connectivity index (χ2n) is 6.92. The number of Topliss-reactive ketones (excluding diaryl/α,β-unsaturated/α-hetero) is 1. The van der Waals surface area contributed by atoms with Crippen molar-refractivity contribution < 1.29 is 4.79 Å². The highest BCUT2D eigenvalue weighted by molar-refractivity contribution is 5.90. The van der Waals surface area contributed by atoms with Crippen LogP contribution in [0.25, 0.3) is 0 Å². The quantitative estimate of drug-likeness (QED) is 0.592. The van der Waals surface area contributed by atoms with Gasteiger partial charge < -0.3 is 0 Å². The van der Waals surface area contributed by atoms with Crippen LogP contribution in [-0.4, -0.2) is 5.78 Å². The molecule has 15 heavy (non-hydrogen) atoms. The molecule has 1 spiro atoms. The Morgan fingerprint density at radius 2 is 1.93 bits per heavy atom. The Hall–Kier alpha value is -0.330. The Morgan fingerprint density at radius 3 is 2.73 bits per heavy atom. The Bertz CT molecular complexity index is 304. The van der Waals surface area contributed by atoms with Crippen LogP contribution in [0.1, 0.15) is 58.8 Å². The molecule has 0 aromatic rings. The molecule has 0 N–H and O–H groups in total. The van der Waals surface area contributed by atoms with Crippen molar-refractivity contribution in [2.24, 2.45) is 22.7 Å². The molecule has 3 fully saturated rings. The zero-order valence-corrected chi connectivity index (χ0v) is 10.0. The minimum atomic E-state index is 0.165. The minimum absolute atomic E-state index is 0.165. The van der Waals surface area contributed by atoms with Crippen molar-refractivity contribution >= 4 is 5.78 Å². The van der Waals surface area contributed by atoms with E-state index in [0.717, 1.165) is 12.3 Å². The van der Waals surface area contributed by atoms with Crippen LogP contribution in [0.3, 0.4) is 0 Å². The summed E-state index contributed by atoms with van der Waals surface area (Å²) in [5.74, 6) is 1.81. The molecule has 0 aromatic carbocycles. The fourth-order valence-corrected chi connectivity index (χ4v) is 4.80. The molecular formula is C14H22O. The van der Waals surface area contributed by atoms with Crippen molar-refractivity contribution in [1.82, 2.24) is 0 Å². The molecule has 0 radical (unpaired) electrons. The second kappa shape index (κ2) is 2.87. The number of carbonyl (C=O) groups excluding carboxylic acids is 1. The summed E-state index contributed by atoms with van der Waals surface area (Å²) in [7, 11) is 0. The molecule has 0 amide bonds. The Balaban J connectivity index is 2.02. The van der Waals surface area contributed by atoms with Crippen molar-refractivity contribution in [1.29, 1.82) is 0 Å². The van der Waals surface area contributed by atoms with Crippen LogP contribution in [-0.2, 0) is 4.79 Å². The van der Waals surface area contributed by atoms with Gasteiger partial charge in [0.1, 0.15) is 5.78 Å². The molecule has 3 unspecified atom stereocenters. The number of carbonyl (C=O) groups is 1. The molecule has 0 saturated heterocycles. The number of rotatable bonds is 0. The molecule has 3 aliphatic carbocycles. The lowest BCUT2D eigenvalue weighted by molar-refractivity contribution is -0.130. The van der Waals surface area contributed by atoms with Gasteiger partial charge in [-0.25, -0.2) is 0 Å². The molecule has 3 atom stereocenters. The summed E-state index contributed by atoms with van der Waals surface area (Å²) in [6, 6.07) is 0. The van der Waals surface area contributed by atoms with E-state index in [0.29, 0.717) is 17.1 Å². The lowest BCUT2D eigenvalue weighted by Gasteiger charge is -2.33. The van der Waals surface area contributed by atoms with E-state index in [4.69, 9.17) is 0 Å². The van der Waals surface area contributed by atoms with Gasteiger partial charge >= 0.3 is 0 Å². The van der Waals surface area contributed by atoms with Gasteiger partial charge in [-0.3, -0.25) is 4.79 Å². The molecule has 3 rings (SSSR count). The molecule has 2 bridgehead atoms. The third-order valence-corrected chi connectivity index (χ3v) is 5.36. The zero-order chi connectivity index (χ0) is 10.7. The third kappa shape index (κ3) is 1.24. The Kier molecular flexibility index (Phi) is 1.88. The van der Waals surface area contributed by atoms with Gasteiger partial charge in [0, 0.05) is 11.3 Å². The van der Waals surface area contributed by atoms with Gasteiger partial charge in [-0.1, -0.05) is 20.3 Å². The normalized spacial score (nSPS) is 47.7. The van der Waals surface area contributed by atoms with Crippen LogP contribution < -0.4 is 0 Å². The van der Waals surface area contributed by atoms with E-state index in [9.17, 15) is 4.79 Å². The first-order chi connectivity index (χ1) is 7.04. The highest BCUT2D eigenvalue weighted by Crippen LogP contribution is 2.61. The van der Waals surface area contributed by atoms with Gasteiger partial charge in [0.2, 0.25) is 0 Å². The van der Waals surface area contributed by atoms with E-state index in [1.54, 1.807) is 0 Å². The first-order valence-electron chi connectivity index (χ1n) is 6.58. The average molecular weight is 206 g/mol. The number of hydrogen-bond donors (Lipinski definition) is 0. The van der Waals surface area contributed by atoms with Crippen molar-refractivity contribution in [3.8, 4) is 0 Å². The smallest absolute Gasteiger partial charge is 0.142 e. The lowest BCUT2D eigenvalue weighted by atomic mass is 9.70. The molecule has 3 saturated carbocycles. The van der Waals surface area contributed by atoms with Crippen molar-refractivity contribution in [3.05, 3.63) is 0 Å². The third-order valence-electron chi connectivity index (χ3n) is 5.36. The molecule has 0 aromatic heterocycles. The summed E-state index contributed by atoms with van der Waals surface area (Å²) in [5, 5.41) is 0. The molecule has 0 aliphatic heterocycles. The fourth-order valence-electron chi connectivity index (χ4n) is 4.80. The van der Waals surface area contributed by atoms with Crippen LogP contribution >= 0.6 is 0 Å². The maximum atomic E-state index is 12.5. The van der Waals surface area contributed by atoms with E-state index >= 15 is 0 Å². The number of hydrogen-bond acceptors (Lipinski definition) is 1. The average Bonchev–Trinajstić information content (AvgIpc) is 2.62. The van der Waals surface area contributed by atoms with Gasteiger partial charge in [0.05, 0.1) is 0 Å². The summed E-state index contributed by atoms with van der Waals surface area (Å²) in [4.78, 5) is 12.5. The van der Waals surface area contributed by atoms with E-state index in [1.165, 1.54) is 38.5 Å². The molecule has 3 aliphatic rings. The lowest BCUT2D eigenvalue weighted by Crippen LogP contribution is -2.31. The number of ketones is 1. The number of fused-ring (bicyclic) bond motifs is 1. The summed E-state index contributed by atoms with van der Waals surface area (Å²) >= 11 is 0. The first-order valence-corrected chi connectivity index (χ1v) is 6.58. The van der Waals surface area contributed by atoms with E-state index in [2.05, 4.69) is 13.8 Å². The highest BCUT2D eigenvalue weighted by Gasteiger charge is 2.57. The van der Waals surface area contributed by atoms with Gasteiger partial charge in [0.25, 0.3) is 0 Å². The van der Waals surface area contributed by atoms with Gasteiger partial charge in [-0.2, -0.15) is 0 Å². The van der Waals surface area contributed by atoms with Crippen LogP contribution in [0.4, 0.5) is 0 Å². The largest absolute Gasteiger partial charge is 0.299 e. The summed E-state index contributed by atoms with van der Waals surface area (Å²) in [6.45, 7) is 4.74. The van der Waals surface area contributed by atoms with Crippen LogP contribution in [0.15, 0.2) is 0 Å². The maximum Gasteiger partial charge on any atom is 0.142 e. The molecule has 1 heteroatoms. The Labute approximate surface area is 92.6 Å². The van der Waals surface area contributed by atoms with E-state index in [1.807, 2.05) is 0 Å². The van der Waals surface area contributed by atoms with Crippen molar-refractivity contribution in [2.45, 2.75) is 58.8 Å². The maximum absolute atomic E-state index is 12.5. The predicted octanol–water partition coefficient (Wildman–Crippen LogP) is 3.57. The standard InChI is InChI=1S/C14H22O/c1-13(2)8-10-5-7-14(12(10)15)6-3-4-11(14)9-13/h10-11H,3-9H2,1-2H3. The highest BCUT2D eigenvalue weighted by atomic mass is 16.1. The van der Waals surface area contributed by atoms with Crippen LogP contribution in [0.5, 0.6) is 0 Å². The van der Waals surface area contributed by atoms with E-state index < -0.39 is 0 Å². The monoisotopic (exact) mass is 206 g/mol. The topological polar surface area (TPSA) is 17.1 Å². The predicted molar refractivity (Wildman–Crippen MR) is 60.5 cm³/mol. The molecule has 84 valence electrons. The van der Waals surface area contributed by atoms with Crippen molar-refractivity contribution in [2.75, 3.05) is 0 Å². The van der Waals surface area contributed by atoms with E-state index in [-0.39, 0.29) is 5.41 Å². The van der Waals surface area contributed by atoms with Crippen LogP contribution in [0.2, 0.25) is 0 Å². The minimum Gasteiger partial charge on any atom is -0.299 e. The van der Waals surface area contributed by atoms with Gasteiger partial charge in [-0.15, -0.1) is 0 Å². The SMILES string of the molecule is CC1(C)CC2CCC3(CCCC3C1)C2=O. The Morgan fingerprint density at radius 1 is 1.13 bits per heavy atom. The van der Waals surface area contributed by atoms with Crippen LogP contribution in [0, 0.1) is 22.7 Å². The molecule has 1 nitrogen and oxygen atoms in total. The summed E-state index contributed by atoms with van der Waals surface area (Å²) < 4.78 is 0. The van der Waals surface area contributed by atoms with Gasteiger partial charge in [0.15, 0.2) is 0 Å². The fraction of sp³-hybridized carbons (Fsp3) is 0.929.